The lowest BCUT2D eigenvalue weighted by molar-refractivity contribution is 0.0906. The molecule has 0 aliphatic carbocycles. The number of benzene rings is 2. The molecular formula is C17H18N2O2. The van der Waals surface area contributed by atoms with Gasteiger partial charge in [-0.1, -0.05) is 24.3 Å². The SMILES string of the molecule is CCOc1cccc(C2(C)NC(=O)c3ccccc3N2)c1. The number of carbonyl (C=O) groups excluding carboxylic acids is 1. The third kappa shape index (κ3) is 2.44. The van der Waals surface area contributed by atoms with Gasteiger partial charge in [0.2, 0.25) is 0 Å². The smallest absolute Gasteiger partial charge is 0.255 e. The molecule has 1 heterocycles. The fourth-order valence-corrected chi connectivity index (χ4v) is 2.59. The van der Waals surface area contributed by atoms with Crippen molar-refractivity contribution < 1.29 is 9.53 Å². The molecule has 0 saturated carbocycles. The zero-order valence-corrected chi connectivity index (χ0v) is 12.1. The van der Waals surface area contributed by atoms with E-state index >= 15 is 0 Å². The van der Waals surface area contributed by atoms with Crippen molar-refractivity contribution in [3.05, 3.63) is 59.7 Å². The van der Waals surface area contributed by atoms with E-state index in [0.717, 1.165) is 17.0 Å². The van der Waals surface area contributed by atoms with Crippen LogP contribution in [0.25, 0.3) is 0 Å². The highest BCUT2D eigenvalue weighted by Crippen LogP contribution is 2.32. The van der Waals surface area contributed by atoms with Gasteiger partial charge >= 0.3 is 0 Å². The van der Waals surface area contributed by atoms with Gasteiger partial charge in [-0.15, -0.1) is 0 Å². The molecule has 0 spiro atoms. The Bertz CT molecular complexity index is 684. The second-order valence-corrected chi connectivity index (χ2v) is 5.21. The predicted molar refractivity (Wildman–Crippen MR) is 82.5 cm³/mol. The van der Waals surface area contributed by atoms with E-state index in [9.17, 15) is 4.79 Å². The summed E-state index contributed by atoms with van der Waals surface area (Å²) in [4.78, 5) is 12.3. The summed E-state index contributed by atoms with van der Waals surface area (Å²) in [6.45, 7) is 4.51. The summed E-state index contributed by atoms with van der Waals surface area (Å²) in [7, 11) is 0. The Balaban J connectivity index is 1.99. The van der Waals surface area contributed by atoms with Gasteiger partial charge in [0.25, 0.3) is 5.91 Å². The van der Waals surface area contributed by atoms with Gasteiger partial charge in [-0.25, -0.2) is 0 Å². The highest BCUT2D eigenvalue weighted by molar-refractivity contribution is 6.02. The molecule has 1 atom stereocenters. The lowest BCUT2D eigenvalue weighted by Crippen LogP contribution is -2.52. The molecule has 0 bridgehead atoms. The summed E-state index contributed by atoms with van der Waals surface area (Å²) in [6.07, 6.45) is 0. The molecule has 21 heavy (non-hydrogen) atoms. The van der Waals surface area contributed by atoms with Crippen molar-refractivity contribution in [2.45, 2.75) is 19.5 Å². The average Bonchev–Trinajstić information content (AvgIpc) is 2.48. The summed E-state index contributed by atoms with van der Waals surface area (Å²) < 4.78 is 5.54. The van der Waals surface area contributed by atoms with Crippen LogP contribution in [0.3, 0.4) is 0 Å². The molecule has 1 aliphatic rings. The van der Waals surface area contributed by atoms with E-state index in [4.69, 9.17) is 4.74 Å². The second-order valence-electron chi connectivity index (χ2n) is 5.21. The van der Waals surface area contributed by atoms with Crippen molar-refractivity contribution in [1.29, 1.82) is 0 Å². The van der Waals surface area contributed by atoms with Gasteiger partial charge in [0, 0.05) is 11.3 Å². The van der Waals surface area contributed by atoms with Crippen LogP contribution in [-0.4, -0.2) is 12.5 Å². The highest BCUT2D eigenvalue weighted by Gasteiger charge is 2.34. The summed E-state index contributed by atoms with van der Waals surface area (Å²) in [5, 5.41) is 6.43. The first kappa shape index (κ1) is 13.5. The number of hydrogen-bond acceptors (Lipinski definition) is 3. The molecule has 0 aromatic heterocycles. The Morgan fingerprint density at radius 1 is 1.10 bits per heavy atom. The minimum atomic E-state index is -0.654. The fraction of sp³-hybridized carbons (Fsp3) is 0.235. The third-order valence-corrected chi connectivity index (χ3v) is 3.64. The summed E-state index contributed by atoms with van der Waals surface area (Å²) in [5.74, 6) is 0.722. The topological polar surface area (TPSA) is 50.4 Å². The van der Waals surface area contributed by atoms with Crippen LogP contribution in [-0.2, 0) is 5.66 Å². The van der Waals surface area contributed by atoms with E-state index < -0.39 is 5.66 Å². The largest absolute Gasteiger partial charge is 0.494 e. The van der Waals surface area contributed by atoms with E-state index in [1.54, 1.807) is 0 Å². The van der Waals surface area contributed by atoms with Gasteiger partial charge < -0.3 is 15.4 Å². The molecule has 0 radical (unpaired) electrons. The standard InChI is InChI=1S/C17H18N2O2/c1-3-21-13-8-6-7-12(11-13)17(2)18-15-10-5-4-9-14(15)16(20)19-17/h4-11,18H,3H2,1-2H3,(H,19,20). The highest BCUT2D eigenvalue weighted by atomic mass is 16.5. The van der Waals surface area contributed by atoms with Crippen molar-refractivity contribution in [2.24, 2.45) is 0 Å². The number of amides is 1. The maximum Gasteiger partial charge on any atom is 0.255 e. The Labute approximate surface area is 124 Å². The summed E-state index contributed by atoms with van der Waals surface area (Å²) in [5.41, 5.74) is 1.80. The summed E-state index contributed by atoms with van der Waals surface area (Å²) >= 11 is 0. The Morgan fingerprint density at radius 2 is 1.90 bits per heavy atom. The van der Waals surface area contributed by atoms with Crippen LogP contribution < -0.4 is 15.4 Å². The minimum absolute atomic E-state index is 0.0753. The van der Waals surface area contributed by atoms with E-state index in [0.29, 0.717) is 12.2 Å². The van der Waals surface area contributed by atoms with Crippen molar-refractivity contribution >= 4 is 11.6 Å². The number of rotatable bonds is 3. The summed E-state index contributed by atoms with van der Waals surface area (Å²) in [6, 6.07) is 15.3. The first-order valence-electron chi connectivity index (χ1n) is 7.05. The van der Waals surface area contributed by atoms with Crippen LogP contribution in [0.5, 0.6) is 5.75 Å². The van der Waals surface area contributed by atoms with Crippen LogP contribution in [0.15, 0.2) is 48.5 Å². The molecule has 1 unspecified atom stereocenters. The number of para-hydroxylation sites is 1. The van der Waals surface area contributed by atoms with Crippen molar-refractivity contribution in [1.82, 2.24) is 5.32 Å². The zero-order valence-electron chi connectivity index (χ0n) is 12.1. The normalized spacial score (nSPS) is 20.2. The molecule has 2 aromatic carbocycles. The Morgan fingerprint density at radius 3 is 2.71 bits per heavy atom. The number of nitrogens with one attached hydrogen (secondary N) is 2. The molecule has 3 rings (SSSR count). The molecule has 0 fully saturated rings. The molecule has 2 N–H and O–H groups in total. The lowest BCUT2D eigenvalue weighted by atomic mass is 9.96. The Kier molecular flexibility index (Phi) is 3.29. The maximum atomic E-state index is 12.3. The maximum absolute atomic E-state index is 12.3. The van der Waals surface area contributed by atoms with Crippen molar-refractivity contribution in [2.75, 3.05) is 11.9 Å². The predicted octanol–water partition coefficient (Wildman–Crippen LogP) is 3.11. The molecule has 4 nitrogen and oxygen atoms in total. The number of hydrogen-bond donors (Lipinski definition) is 2. The van der Waals surface area contributed by atoms with Crippen LogP contribution >= 0.6 is 0 Å². The van der Waals surface area contributed by atoms with Crippen LogP contribution in [0.4, 0.5) is 5.69 Å². The van der Waals surface area contributed by atoms with Crippen LogP contribution in [0.2, 0.25) is 0 Å². The molecule has 0 saturated heterocycles. The molecule has 2 aromatic rings. The third-order valence-electron chi connectivity index (χ3n) is 3.64. The first-order valence-corrected chi connectivity index (χ1v) is 7.05. The molecule has 1 amide bonds. The van der Waals surface area contributed by atoms with E-state index in [1.165, 1.54) is 0 Å². The quantitative estimate of drug-likeness (QED) is 0.909. The number of anilines is 1. The van der Waals surface area contributed by atoms with Gasteiger partial charge in [0.1, 0.15) is 11.4 Å². The van der Waals surface area contributed by atoms with E-state index in [1.807, 2.05) is 62.4 Å². The van der Waals surface area contributed by atoms with Crippen molar-refractivity contribution in [3.8, 4) is 5.75 Å². The number of fused-ring (bicyclic) bond motifs is 1. The molecule has 108 valence electrons. The van der Waals surface area contributed by atoms with E-state index in [-0.39, 0.29) is 5.91 Å². The monoisotopic (exact) mass is 282 g/mol. The van der Waals surface area contributed by atoms with E-state index in [2.05, 4.69) is 10.6 Å². The van der Waals surface area contributed by atoms with Gasteiger partial charge in [-0.3, -0.25) is 4.79 Å². The Hall–Kier alpha value is -2.49. The van der Waals surface area contributed by atoms with Gasteiger partial charge in [-0.05, 0) is 38.1 Å². The molecule has 4 heteroatoms. The minimum Gasteiger partial charge on any atom is -0.494 e. The number of carbonyl (C=O) groups is 1. The molecule has 1 aliphatic heterocycles. The fourth-order valence-electron chi connectivity index (χ4n) is 2.59. The van der Waals surface area contributed by atoms with Crippen LogP contribution in [0, 0.1) is 0 Å². The molecular weight excluding hydrogens is 264 g/mol. The average molecular weight is 282 g/mol. The van der Waals surface area contributed by atoms with Gasteiger partial charge in [0.05, 0.1) is 12.2 Å². The number of ether oxygens (including phenoxy) is 1. The van der Waals surface area contributed by atoms with Crippen LogP contribution in [0.1, 0.15) is 29.8 Å². The lowest BCUT2D eigenvalue weighted by Gasteiger charge is -2.38. The zero-order chi connectivity index (χ0) is 14.9. The van der Waals surface area contributed by atoms with Gasteiger partial charge in [-0.2, -0.15) is 0 Å². The first-order chi connectivity index (χ1) is 10.1. The second kappa shape index (κ2) is 5.13. The van der Waals surface area contributed by atoms with Crippen molar-refractivity contribution in [3.63, 3.8) is 0 Å². The van der Waals surface area contributed by atoms with Gasteiger partial charge in [0.15, 0.2) is 0 Å².